The van der Waals surface area contributed by atoms with E-state index in [1.807, 2.05) is 12.3 Å². The molecule has 3 heterocycles. The van der Waals surface area contributed by atoms with Crippen LogP contribution in [0.5, 0.6) is 0 Å². The summed E-state index contributed by atoms with van der Waals surface area (Å²) >= 11 is 0. The molecule has 34 heavy (non-hydrogen) atoms. The molecule has 1 fully saturated rings. The van der Waals surface area contributed by atoms with Gasteiger partial charge in [-0.1, -0.05) is 43.2 Å². The average molecular weight is 460 g/mol. The van der Waals surface area contributed by atoms with E-state index in [4.69, 9.17) is 9.97 Å². The van der Waals surface area contributed by atoms with Gasteiger partial charge >= 0.3 is 0 Å². The third-order valence-electron chi connectivity index (χ3n) is 7.06. The second kappa shape index (κ2) is 11.0. The maximum absolute atomic E-state index is 5.05. The summed E-state index contributed by atoms with van der Waals surface area (Å²) in [5.74, 6) is 2.00. The Labute approximate surface area is 203 Å². The van der Waals surface area contributed by atoms with Crippen molar-refractivity contribution in [2.24, 2.45) is 0 Å². The predicted molar refractivity (Wildman–Crippen MR) is 138 cm³/mol. The van der Waals surface area contributed by atoms with Crippen LogP contribution in [0.2, 0.25) is 0 Å². The Morgan fingerprint density at radius 2 is 1.76 bits per heavy atom. The highest BCUT2D eigenvalue weighted by Gasteiger charge is 2.22. The zero-order valence-corrected chi connectivity index (χ0v) is 20.4. The molecule has 0 radical (unpaired) electrons. The summed E-state index contributed by atoms with van der Waals surface area (Å²) in [7, 11) is 2.15. The fourth-order valence-corrected chi connectivity index (χ4v) is 5.21. The first-order chi connectivity index (χ1) is 16.8. The Balaban J connectivity index is 1.22. The second-order valence-electron chi connectivity index (χ2n) is 9.71. The van der Waals surface area contributed by atoms with Gasteiger partial charge in [0.05, 0.1) is 17.6 Å². The first-order valence-electron chi connectivity index (χ1n) is 12.9. The summed E-state index contributed by atoms with van der Waals surface area (Å²) in [5, 5.41) is 11.0. The van der Waals surface area contributed by atoms with Crippen molar-refractivity contribution in [3.8, 4) is 11.3 Å². The summed E-state index contributed by atoms with van der Waals surface area (Å²) in [5.41, 5.74) is 6.15. The molecular formula is C27H37N7. The number of H-pyrrole nitrogens is 1. The van der Waals surface area contributed by atoms with Crippen LogP contribution in [0.3, 0.4) is 0 Å². The summed E-state index contributed by atoms with van der Waals surface area (Å²) in [4.78, 5) is 14.8. The first-order valence-corrected chi connectivity index (χ1v) is 12.9. The molecule has 180 valence electrons. The van der Waals surface area contributed by atoms with Gasteiger partial charge < -0.3 is 15.1 Å². The molecule has 3 aromatic rings. The number of likely N-dealkylation sites (N-methyl/N-ethyl adjacent to an activating group) is 1. The van der Waals surface area contributed by atoms with Gasteiger partial charge in [0, 0.05) is 43.9 Å². The van der Waals surface area contributed by atoms with Crippen molar-refractivity contribution >= 4 is 11.8 Å². The minimum Gasteiger partial charge on any atom is -0.356 e. The van der Waals surface area contributed by atoms with Crippen LogP contribution in [0.15, 0.2) is 36.5 Å². The summed E-state index contributed by atoms with van der Waals surface area (Å²) in [6.07, 6.45) is 11.8. The van der Waals surface area contributed by atoms with Crippen LogP contribution in [-0.2, 0) is 19.4 Å². The van der Waals surface area contributed by atoms with Crippen molar-refractivity contribution in [1.29, 1.82) is 0 Å². The van der Waals surface area contributed by atoms with Gasteiger partial charge in [-0.25, -0.2) is 4.98 Å². The molecule has 5 rings (SSSR count). The van der Waals surface area contributed by atoms with Gasteiger partial charge in [0.2, 0.25) is 5.95 Å². The van der Waals surface area contributed by atoms with Gasteiger partial charge in [0.25, 0.3) is 0 Å². The zero-order valence-electron chi connectivity index (χ0n) is 20.4. The van der Waals surface area contributed by atoms with Gasteiger partial charge in [0.15, 0.2) is 0 Å². The van der Waals surface area contributed by atoms with E-state index >= 15 is 0 Å². The molecule has 1 aromatic carbocycles. The largest absolute Gasteiger partial charge is 0.356 e. The van der Waals surface area contributed by atoms with E-state index in [1.54, 1.807) is 0 Å². The summed E-state index contributed by atoms with van der Waals surface area (Å²) in [6.45, 7) is 4.80. The number of fused-ring (bicyclic) bond motifs is 1. The van der Waals surface area contributed by atoms with Crippen molar-refractivity contribution in [3.63, 3.8) is 0 Å². The van der Waals surface area contributed by atoms with Crippen LogP contribution in [-0.4, -0.2) is 58.3 Å². The van der Waals surface area contributed by atoms with E-state index in [0.29, 0.717) is 0 Å². The smallest absolute Gasteiger partial charge is 0.224 e. The van der Waals surface area contributed by atoms with Crippen LogP contribution >= 0.6 is 0 Å². The Hall–Kier alpha value is -2.93. The lowest BCUT2D eigenvalue weighted by Gasteiger charge is -2.28. The molecule has 2 aliphatic rings. The molecule has 2 N–H and O–H groups in total. The lowest BCUT2D eigenvalue weighted by Crippen LogP contribution is -2.29. The number of aromatic amines is 1. The Kier molecular flexibility index (Phi) is 7.39. The molecule has 0 bridgehead atoms. The van der Waals surface area contributed by atoms with Crippen LogP contribution in [0, 0.1) is 0 Å². The standard InChI is InChI=1S/C27H37N7/c1-33(20-22-19-29-32-25(22)21-11-5-4-6-12-21)18-15-28-27-30-24-14-8-7-13-23(24)26(31-27)34-16-9-2-3-10-17-34/h4-6,11-12,19H,2-3,7-10,13-18,20H2,1H3,(H,29,32)(H,28,30,31). The van der Waals surface area contributed by atoms with E-state index in [9.17, 15) is 0 Å². The number of benzene rings is 1. The molecule has 0 unspecified atom stereocenters. The number of hydrogen-bond donors (Lipinski definition) is 2. The minimum atomic E-state index is 0.793. The Morgan fingerprint density at radius 1 is 0.971 bits per heavy atom. The fraction of sp³-hybridized carbons (Fsp3) is 0.519. The molecule has 1 aliphatic heterocycles. The number of anilines is 2. The van der Waals surface area contributed by atoms with Crippen LogP contribution in [0.25, 0.3) is 11.3 Å². The van der Waals surface area contributed by atoms with Gasteiger partial charge in [-0.3, -0.25) is 5.10 Å². The number of aryl methyl sites for hydroxylation is 1. The normalized spacial score (nSPS) is 16.4. The van der Waals surface area contributed by atoms with Gasteiger partial charge in [-0.2, -0.15) is 10.1 Å². The minimum absolute atomic E-state index is 0.793. The summed E-state index contributed by atoms with van der Waals surface area (Å²) < 4.78 is 0. The number of nitrogens with zero attached hydrogens (tertiary/aromatic N) is 5. The lowest BCUT2D eigenvalue weighted by atomic mass is 9.96. The van der Waals surface area contributed by atoms with Crippen molar-refractivity contribution in [1.82, 2.24) is 25.1 Å². The van der Waals surface area contributed by atoms with Gasteiger partial charge in [0.1, 0.15) is 5.82 Å². The van der Waals surface area contributed by atoms with E-state index in [-0.39, 0.29) is 0 Å². The monoisotopic (exact) mass is 459 g/mol. The number of hydrogen-bond acceptors (Lipinski definition) is 6. The van der Waals surface area contributed by atoms with Crippen molar-refractivity contribution in [2.45, 2.75) is 57.9 Å². The first kappa shape index (κ1) is 22.8. The lowest BCUT2D eigenvalue weighted by molar-refractivity contribution is 0.340. The third-order valence-corrected chi connectivity index (χ3v) is 7.06. The maximum atomic E-state index is 5.05. The molecule has 7 nitrogen and oxygen atoms in total. The van der Waals surface area contributed by atoms with E-state index < -0.39 is 0 Å². The molecule has 1 aliphatic carbocycles. The predicted octanol–water partition coefficient (Wildman–Crippen LogP) is 4.67. The molecule has 1 saturated heterocycles. The van der Waals surface area contributed by atoms with Crippen molar-refractivity contribution in [3.05, 3.63) is 53.3 Å². The highest BCUT2D eigenvalue weighted by Crippen LogP contribution is 2.30. The molecule has 2 aromatic heterocycles. The Morgan fingerprint density at radius 3 is 2.59 bits per heavy atom. The SMILES string of the molecule is CN(CCNc1nc2c(c(N3CCCCCC3)n1)CCCC2)Cc1cn[nH]c1-c1ccccc1. The summed E-state index contributed by atoms with van der Waals surface area (Å²) in [6, 6.07) is 10.4. The van der Waals surface area contributed by atoms with E-state index in [0.717, 1.165) is 57.2 Å². The van der Waals surface area contributed by atoms with Crippen LogP contribution < -0.4 is 10.2 Å². The third kappa shape index (κ3) is 5.41. The topological polar surface area (TPSA) is 73.0 Å². The van der Waals surface area contributed by atoms with Crippen LogP contribution in [0.1, 0.15) is 55.3 Å². The molecule has 7 heteroatoms. The molecule has 0 amide bonds. The number of rotatable bonds is 8. The van der Waals surface area contributed by atoms with Crippen molar-refractivity contribution < 1.29 is 0 Å². The quantitative estimate of drug-likeness (QED) is 0.510. The van der Waals surface area contributed by atoms with E-state index in [1.165, 1.54) is 66.7 Å². The average Bonchev–Trinajstić information content (AvgIpc) is 3.15. The molecule has 0 saturated carbocycles. The molecule has 0 atom stereocenters. The highest BCUT2D eigenvalue weighted by atomic mass is 15.2. The zero-order chi connectivity index (χ0) is 23.2. The highest BCUT2D eigenvalue weighted by molar-refractivity contribution is 5.62. The van der Waals surface area contributed by atoms with Crippen molar-refractivity contribution in [2.75, 3.05) is 43.4 Å². The second-order valence-corrected chi connectivity index (χ2v) is 9.71. The number of nitrogens with one attached hydrogen (secondary N) is 2. The maximum Gasteiger partial charge on any atom is 0.224 e. The van der Waals surface area contributed by atoms with Gasteiger partial charge in [-0.05, 0) is 51.1 Å². The van der Waals surface area contributed by atoms with E-state index in [2.05, 4.69) is 56.6 Å². The van der Waals surface area contributed by atoms with Crippen LogP contribution in [0.4, 0.5) is 11.8 Å². The molecular weight excluding hydrogens is 422 g/mol. The Bertz CT molecular complexity index is 1050. The number of aromatic nitrogens is 4. The van der Waals surface area contributed by atoms with Gasteiger partial charge in [-0.15, -0.1) is 0 Å². The molecule has 0 spiro atoms. The fourth-order valence-electron chi connectivity index (χ4n) is 5.21.